The first-order valence-electron chi connectivity index (χ1n) is 11.8. The minimum Gasteiger partial charge on any atom is -0.478 e. The van der Waals surface area contributed by atoms with E-state index in [-0.39, 0.29) is 44.9 Å². The average molecular weight is 577 g/mol. The molecule has 0 radical (unpaired) electrons. The Labute approximate surface area is 235 Å². The van der Waals surface area contributed by atoms with Crippen LogP contribution in [0.2, 0.25) is 0 Å². The van der Waals surface area contributed by atoms with Crippen LogP contribution in [0.1, 0.15) is 11.5 Å². The zero-order valence-corrected chi connectivity index (χ0v) is 22.9. The second kappa shape index (κ2) is 11.8. The van der Waals surface area contributed by atoms with Gasteiger partial charge in [-0.15, -0.1) is 0 Å². The van der Waals surface area contributed by atoms with E-state index in [1.807, 2.05) is 0 Å². The Morgan fingerprint density at radius 3 is 2.20 bits per heavy atom. The Balaban J connectivity index is 1.86. The van der Waals surface area contributed by atoms with Gasteiger partial charge in [0.15, 0.2) is 0 Å². The summed E-state index contributed by atoms with van der Waals surface area (Å²) in [6.07, 6.45) is 2.64. The first-order chi connectivity index (χ1) is 19.7. The number of nitriles is 1. The van der Waals surface area contributed by atoms with E-state index in [2.05, 4.69) is 20.8 Å². The molecule has 0 spiro atoms. The maximum Gasteiger partial charge on any atom is 0.355 e. The molecule has 13 nitrogen and oxygen atoms in total. The molecule has 1 aliphatic heterocycles. The summed E-state index contributed by atoms with van der Waals surface area (Å²) in [6.45, 7) is 0. The van der Waals surface area contributed by atoms with Gasteiger partial charge in [-0.2, -0.15) is 5.26 Å². The molecule has 0 amide bonds. The van der Waals surface area contributed by atoms with E-state index in [0.29, 0.717) is 5.56 Å². The number of esters is 2. The maximum absolute atomic E-state index is 13.2. The number of rotatable bonds is 8. The van der Waals surface area contributed by atoms with Crippen LogP contribution in [0.3, 0.4) is 0 Å². The Bertz CT molecular complexity index is 1700. The topological polar surface area (TPSA) is 187 Å². The lowest BCUT2D eigenvalue weighted by molar-refractivity contribution is -0.139. The lowest BCUT2D eigenvalue weighted by Crippen LogP contribution is -2.40. The van der Waals surface area contributed by atoms with Crippen LogP contribution in [0.5, 0.6) is 5.88 Å². The molecule has 14 heteroatoms. The summed E-state index contributed by atoms with van der Waals surface area (Å²) in [7, 11) is -0.566. The second-order valence-corrected chi connectivity index (χ2v) is 10.0. The summed E-state index contributed by atoms with van der Waals surface area (Å²) in [4.78, 5) is 35.1. The number of sulfonamides is 1. The summed E-state index contributed by atoms with van der Waals surface area (Å²) < 4.78 is 43.4. The maximum atomic E-state index is 13.2. The summed E-state index contributed by atoms with van der Waals surface area (Å²) in [5.74, 6) is -3.16. The zero-order chi connectivity index (χ0) is 29.7. The quantitative estimate of drug-likeness (QED) is 0.373. The second-order valence-electron chi connectivity index (χ2n) is 8.35. The highest BCUT2D eigenvalue weighted by Gasteiger charge is 2.43. The van der Waals surface area contributed by atoms with Gasteiger partial charge in [-0.05, 0) is 29.8 Å². The monoisotopic (exact) mass is 576 g/mol. The molecule has 4 rings (SSSR count). The smallest absolute Gasteiger partial charge is 0.355 e. The minimum atomic E-state index is -4.15. The van der Waals surface area contributed by atoms with E-state index >= 15 is 0 Å². The summed E-state index contributed by atoms with van der Waals surface area (Å²) in [5, 5.41) is 10.1. The number of methoxy groups -OCH3 is 3. The molecule has 0 saturated carbocycles. The van der Waals surface area contributed by atoms with Crippen molar-refractivity contribution in [3.05, 3.63) is 95.2 Å². The standard InChI is InChI=1S/C27H24N6O7S/c1-38-25-24(30-13-14-31-25)32-41(36,37)18-11-9-17(10-12-18)33-22(27(35)40-3)21(26(34)39-2)20(19(15-28)23(33)29)16-7-5-4-6-8-16/h4-14,20H,29H2,1-3H3,(H,30,32). The van der Waals surface area contributed by atoms with Crippen molar-refractivity contribution in [2.24, 2.45) is 5.73 Å². The number of benzene rings is 2. The fourth-order valence-electron chi connectivity index (χ4n) is 4.29. The zero-order valence-electron chi connectivity index (χ0n) is 22.1. The third kappa shape index (κ3) is 5.38. The van der Waals surface area contributed by atoms with Crippen LogP contribution in [0.25, 0.3) is 0 Å². The summed E-state index contributed by atoms with van der Waals surface area (Å²) in [5.41, 5.74) is 6.65. The number of aromatic nitrogens is 2. The molecule has 1 unspecified atom stereocenters. The van der Waals surface area contributed by atoms with Gasteiger partial charge in [-0.25, -0.2) is 28.0 Å². The molecule has 0 fully saturated rings. The van der Waals surface area contributed by atoms with Crippen molar-refractivity contribution >= 4 is 33.5 Å². The van der Waals surface area contributed by atoms with Crippen molar-refractivity contribution in [1.82, 2.24) is 9.97 Å². The normalized spacial score (nSPS) is 15.2. The van der Waals surface area contributed by atoms with Crippen molar-refractivity contribution in [3.63, 3.8) is 0 Å². The molecule has 2 aromatic carbocycles. The van der Waals surface area contributed by atoms with Gasteiger partial charge in [0.05, 0.1) is 49.4 Å². The Kier molecular flexibility index (Phi) is 8.20. The number of allylic oxidation sites excluding steroid dienone is 1. The Morgan fingerprint density at radius 2 is 1.61 bits per heavy atom. The van der Waals surface area contributed by atoms with Crippen molar-refractivity contribution in [2.75, 3.05) is 31.0 Å². The largest absolute Gasteiger partial charge is 0.478 e. The van der Waals surface area contributed by atoms with E-state index < -0.39 is 27.9 Å². The lowest BCUT2D eigenvalue weighted by Gasteiger charge is -2.35. The molecule has 3 aromatic rings. The van der Waals surface area contributed by atoms with E-state index in [1.165, 1.54) is 43.8 Å². The van der Waals surface area contributed by atoms with Crippen LogP contribution in [-0.2, 0) is 29.1 Å². The van der Waals surface area contributed by atoms with Gasteiger partial charge in [0.2, 0.25) is 5.82 Å². The molecular weight excluding hydrogens is 552 g/mol. The minimum absolute atomic E-state index is 0.0286. The van der Waals surface area contributed by atoms with Crippen molar-refractivity contribution in [3.8, 4) is 11.9 Å². The van der Waals surface area contributed by atoms with Gasteiger partial charge in [0.25, 0.3) is 15.9 Å². The number of nitrogens with zero attached hydrogens (tertiary/aromatic N) is 4. The molecule has 1 atom stereocenters. The average Bonchev–Trinajstić information content (AvgIpc) is 3.00. The number of ether oxygens (including phenoxy) is 3. The molecule has 1 aliphatic rings. The van der Waals surface area contributed by atoms with Crippen molar-refractivity contribution in [1.29, 1.82) is 5.26 Å². The number of hydrogen-bond donors (Lipinski definition) is 2. The highest BCUT2D eigenvalue weighted by molar-refractivity contribution is 7.92. The number of hydrogen-bond acceptors (Lipinski definition) is 12. The summed E-state index contributed by atoms with van der Waals surface area (Å²) in [6, 6.07) is 15.8. The number of anilines is 2. The molecule has 3 N–H and O–H groups in total. The van der Waals surface area contributed by atoms with E-state index in [9.17, 15) is 23.3 Å². The van der Waals surface area contributed by atoms with Crippen LogP contribution in [-0.4, -0.2) is 51.7 Å². The molecule has 1 aromatic heterocycles. The molecule has 0 aliphatic carbocycles. The number of carbonyl (C=O) groups is 2. The predicted molar refractivity (Wildman–Crippen MR) is 145 cm³/mol. The summed E-state index contributed by atoms with van der Waals surface area (Å²) >= 11 is 0. The first kappa shape index (κ1) is 28.6. The van der Waals surface area contributed by atoms with Gasteiger partial charge < -0.3 is 19.9 Å². The highest BCUT2D eigenvalue weighted by atomic mass is 32.2. The number of nitrogens with two attached hydrogens (primary N) is 1. The predicted octanol–water partition coefficient (Wildman–Crippen LogP) is 2.18. The molecule has 210 valence electrons. The van der Waals surface area contributed by atoms with Gasteiger partial charge in [0.1, 0.15) is 11.5 Å². The third-order valence-electron chi connectivity index (χ3n) is 6.10. The van der Waals surface area contributed by atoms with Crippen LogP contribution >= 0.6 is 0 Å². The fourth-order valence-corrected chi connectivity index (χ4v) is 5.29. The van der Waals surface area contributed by atoms with E-state index in [0.717, 1.165) is 19.1 Å². The molecular formula is C27H24N6O7S. The Morgan fingerprint density at radius 1 is 0.976 bits per heavy atom. The van der Waals surface area contributed by atoms with Gasteiger partial charge >= 0.3 is 11.9 Å². The molecule has 0 bridgehead atoms. The van der Waals surface area contributed by atoms with Crippen LogP contribution in [0.15, 0.2) is 94.6 Å². The molecule has 41 heavy (non-hydrogen) atoms. The van der Waals surface area contributed by atoms with Crippen molar-refractivity contribution in [2.45, 2.75) is 10.8 Å². The SMILES string of the molecule is COC(=O)C1=C(C(=O)OC)N(c2ccc(S(=O)(=O)Nc3nccnc3OC)cc2)C(N)=C(C#N)C1c1ccccc1. The van der Waals surface area contributed by atoms with Crippen LogP contribution in [0, 0.1) is 11.3 Å². The molecule has 0 saturated heterocycles. The lowest BCUT2D eigenvalue weighted by atomic mass is 9.81. The highest BCUT2D eigenvalue weighted by Crippen LogP contribution is 2.43. The van der Waals surface area contributed by atoms with Gasteiger partial charge in [-0.3, -0.25) is 9.62 Å². The first-order valence-corrected chi connectivity index (χ1v) is 13.3. The number of nitrogens with one attached hydrogen (secondary N) is 1. The van der Waals surface area contributed by atoms with E-state index in [1.54, 1.807) is 30.3 Å². The van der Waals surface area contributed by atoms with E-state index in [4.69, 9.17) is 19.9 Å². The van der Waals surface area contributed by atoms with Gasteiger partial charge in [-0.1, -0.05) is 30.3 Å². The number of carbonyl (C=O) groups excluding carboxylic acids is 2. The fraction of sp³-hybridized carbons (Fsp3) is 0.148. The van der Waals surface area contributed by atoms with Crippen LogP contribution in [0.4, 0.5) is 11.5 Å². The van der Waals surface area contributed by atoms with Crippen molar-refractivity contribution < 1.29 is 32.2 Å². The van der Waals surface area contributed by atoms with Gasteiger partial charge in [0, 0.05) is 18.1 Å². The third-order valence-corrected chi connectivity index (χ3v) is 7.46. The Hall–Kier alpha value is -5.42. The molecule has 2 heterocycles. The van der Waals surface area contributed by atoms with Crippen LogP contribution < -0.4 is 20.1 Å².